The Morgan fingerprint density at radius 2 is 2.16 bits per heavy atom. The first-order chi connectivity index (χ1) is 11.8. The van der Waals surface area contributed by atoms with Crippen molar-refractivity contribution in [1.82, 2.24) is 20.1 Å². The molecule has 2 rings (SSSR count). The summed E-state index contributed by atoms with van der Waals surface area (Å²) in [6.45, 7) is 8.07. The molecule has 136 valence electrons. The number of carbonyl (C=O) groups excluding carboxylic acids is 1. The van der Waals surface area contributed by atoms with Crippen molar-refractivity contribution in [2.75, 3.05) is 6.54 Å². The summed E-state index contributed by atoms with van der Waals surface area (Å²) in [5.41, 5.74) is 0.769. The molecule has 0 fully saturated rings. The van der Waals surface area contributed by atoms with E-state index in [0.29, 0.717) is 11.2 Å². The van der Waals surface area contributed by atoms with E-state index in [-0.39, 0.29) is 30.0 Å². The van der Waals surface area contributed by atoms with E-state index in [1.165, 1.54) is 12.2 Å². The third kappa shape index (κ3) is 4.57. The SMILES string of the molecule is CCC(C)C(O)CNC(=O)/C=C/c1cc2cnn(C(C)C)c2[nH]c1=O. The molecule has 2 atom stereocenters. The molecule has 3 N–H and O–H groups in total. The number of rotatable bonds is 7. The third-order valence-corrected chi connectivity index (χ3v) is 4.32. The zero-order valence-electron chi connectivity index (χ0n) is 15.1. The van der Waals surface area contributed by atoms with Gasteiger partial charge in [-0.05, 0) is 31.9 Å². The molecular formula is C18H26N4O3. The summed E-state index contributed by atoms with van der Waals surface area (Å²) in [6, 6.07) is 1.84. The molecule has 0 aliphatic rings. The predicted octanol–water partition coefficient (Wildman–Crippen LogP) is 1.84. The largest absolute Gasteiger partial charge is 0.391 e. The number of aromatic amines is 1. The highest BCUT2D eigenvalue weighted by Crippen LogP contribution is 2.15. The van der Waals surface area contributed by atoms with E-state index in [0.717, 1.165) is 11.8 Å². The van der Waals surface area contributed by atoms with Gasteiger partial charge in [0.2, 0.25) is 5.91 Å². The number of aliphatic hydroxyl groups is 1. The molecular weight excluding hydrogens is 320 g/mol. The highest BCUT2D eigenvalue weighted by atomic mass is 16.3. The third-order valence-electron chi connectivity index (χ3n) is 4.32. The number of pyridine rings is 1. The second-order valence-corrected chi connectivity index (χ2v) is 6.57. The maximum Gasteiger partial charge on any atom is 0.256 e. The van der Waals surface area contributed by atoms with Gasteiger partial charge in [0.15, 0.2) is 0 Å². The molecule has 0 radical (unpaired) electrons. The number of fused-ring (bicyclic) bond motifs is 1. The number of nitrogens with zero attached hydrogens (tertiary/aromatic N) is 2. The fourth-order valence-corrected chi connectivity index (χ4v) is 2.44. The second-order valence-electron chi connectivity index (χ2n) is 6.57. The molecule has 2 unspecified atom stereocenters. The van der Waals surface area contributed by atoms with Crippen LogP contribution >= 0.6 is 0 Å². The van der Waals surface area contributed by atoms with E-state index in [9.17, 15) is 14.7 Å². The summed E-state index contributed by atoms with van der Waals surface area (Å²) < 4.78 is 1.74. The molecule has 7 nitrogen and oxygen atoms in total. The average Bonchev–Trinajstić information content (AvgIpc) is 2.99. The van der Waals surface area contributed by atoms with Crippen molar-refractivity contribution in [2.24, 2.45) is 5.92 Å². The van der Waals surface area contributed by atoms with Crippen LogP contribution in [0.5, 0.6) is 0 Å². The van der Waals surface area contributed by atoms with Crippen molar-refractivity contribution < 1.29 is 9.90 Å². The van der Waals surface area contributed by atoms with E-state index >= 15 is 0 Å². The molecule has 0 aromatic carbocycles. The van der Waals surface area contributed by atoms with Crippen LogP contribution in [0.25, 0.3) is 17.1 Å². The molecule has 7 heteroatoms. The molecule has 0 aliphatic carbocycles. The number of carbonyl (C=O) groups is 1. The van der Waals surface area contributed by atoms with Crippen molar-refractivity contribution in [2.45, 2.75) is 46.3 Å². The van der Waals surface area contributed by atoms with Gasteiger partial charge in [-0.2, -0.15) is 5.10 Å². The van der Waals surface area contributed by atoms with Gasteiger partial charge in [0, 0.05) is 29.6 Å². The lowest BCUT2D eigenvalue weighted by molar-refractivity contribution is -0.117. The second kappa shape index (κ2) is 8.11. The number of aromatic nitrogens is 3. The monoisotopic (exact) mass is 346 g/mol. The topological polar surface area (TPSA) is 100 Å². The Hall–Kier alpha value is -2.41. The van der Waals surface area contributed by atoms with Gasteiger partial charge in [-0.15, -0.1) is 0 Å². The first-order valence-electron chi connectivity index (χ1n) is 8.58. The molecule has 0 aliphatic heterocycles. The summed E-state index contributed by atoms with van der Waals surface area (Å²) in [5.74, 6) is -0.230. The Balaban J connectivity index is 2.09. The van der Waals surface area contributed by atoms with Crippen LogP contribution < -0.4 is 10.9 Å². The quantitative estimate of drug-likeness (QED) is 0.666. The van der Waals surface area contributed by atoms with Crippen LogP contribution in [0.4, 0.5) is 0 Å². The van der Waals surface area contributed by atoms with E-state index in [2.05, 4.69) is 15.4 Å². The molecule has 0 saturated carbocycles. The molecule has 25 heavy (non-hydrogen) atoms. The van der Waals surface area contributed by atoms with E-state index in [4.69, 9.17) is 0 Å². The summed E-state index contributed by atoms with van der Waals surface area (Å²) in [7, 11) is 0. The van der Waals surface area contributed by atoms with Crippen molar-refractivity contribution >= 4 is 23.0 Å². The zero-order valence-corrected chi connectivity index (χ0v) is 15.1. The molecule has 0 bridgehead atoms. The minimum absolute atomic E-state index is 0.118. The van der Waals surface area contributed by atoms with Crippen LogP contribution in [-0.4, -0.2) is 38.4 Å². The van der Waals surface area contributed by atoms with Crippen LogP contribution in [0.3, 0.4) is 0 Å². The highest BCUT2D eigenvalue weighted by Gasteiger charge is 2.12. The lowest BCUT2D eigenvalue weighted by Crippen LogP contribution is -2.34. The minimum Gasteiger partial charge on any atom is -0.391 e. The summed E-state index contributed by atoms with van der Waals surface area (Å²) in [5, 5.41) is 17.6. The Labute approximate surface area is 146 Å². The van der Waals surface area contributed by atoms with Crippen LogP contribution in [0.2, 0.25) is 0 Å². The van der Waals surface area contributed by atoms with Crippen LogP contribution in [0, 0.1) is 5.92 Å². The van der Waals surface area contributed by atoms with Gasteiger partial charge in [0.25, 0.3) is 5.56 Å². The molecule has 2 heterocycles. The Morgan fingerprint density at radius 3 is 2.80 bits per heavy atom. The number of hydrogen-bond donors (Lipinski definition) is 3. The number of amides is 1. The fraction of sp³-hybridized carbons (Fsp3) is 0.500. The molecule has 0 spiro atoms. The van der Waals surface area contributed by atoms with Crippen LogP contribution in [-0.2, 0) is 4.79 Å². The van der Waals surface area contributed by atoms with Crippen LogP contribution in [0.15, 0.2) is 23.1 Å². The molecule has 2 aromatic rings. The maximum atomic E-state index is 12.2. The number of nitrogens with one attached hydrogen (secondary N) is 2. The summed E-state index contributed by atoms with van der Waals surface area (Å²) in [6.07, 6.45) is 4.71. The van der Waals surface area contributed by atoms with E-state index in [1.54, 1.807) is 16.9 Å². The maximum absolute atomic E-state index is 12.2. The smallest absolute Gasteiger partial charge is 0.256 e. The predicted molar refractivity (Wildman–Crippen MR) is 98.2 cm³/mol. The van der Waals surface area contributed by atoms with Crippen LogP contribution in [0.1, 0.15) is 45.7 Å². The average molecular weight is 346 g/mol. The summed E-state index contributed by atoms with van der Waals surface area (Å²) in [4.78, 5) is 26.9. The van der Waals surface area contributed by atoms with Gasteiger partial charge in [-0.25, -0.2) is 4.68 Å². The normalized spacial score (nSPS) is 14.3. The number of hydrogen-bond acceptors (Lipinski definition) is 4. The zero-order chi connectivity index (χ0) is 18.6. The van der Waals surface area contributed by atoms with Gasteiger partial charge in [-0.3, -0.25) is 9.59 Å². The number of aliphatic hydroxyl groups excluding tert-OH is 1. The first kappa shape index (κ1) is 18.9. The van der Waals surface area contributed by atoms with Gasteiger partial charge >= 0.3 is 0 Å². The summed E-state index contributed by atoms with van der Waals surface area (Å²) >= 11 is 0. The van der Waals surface area contributed by atoms with Gasteiger partial charge in [-0.1, -0.05) is 20.3 Å². The lowest BCUT2D eigenvalue weighted by Gasteiger charge is -2.16. The minimum atomic E-state index is -0.580. The van der Waals surface area contributed by atoms with Crippen molar-refractivity contribution in [1.29, 1.82) is 0 Å². The molecule has 0 saturated heterocycles. The Kier molecular flexibility index (Phi) is 6.14. The van der Waals surface area contributed by atoms with Gasteiger partial charge in [0.05, 0.1) is 12.3 Å². The Bertz CT molecular complexity index is 819. The first-order valence-corrected chi connectivity index (χ1v) is 8.58. The highest BCUT2D eigenvalue weighted by molar-refractivity contribution is 5.92. The van der Waals surface area contributed by atoms with Crippen molar-refractivity contribution in [3.63, 3.8) is 0 Å². The molecule has 2 aromatic heterocycles. The standard InChI is InChI=1S/C18H26N4O3/c1-5-12(4)15(23)10-19-16(24)7-6-13-8-14-9-20-22(11(2)3)17(14)21-18(13)25/h6-9,11-12,15,23H,5,10H2,1-4H3,(H,19,24)(H,21,25)/b7-6+. The lowest BCUT2D eigenvalue weighted by atomic mass is 10.0. The van der Waals surface area contributed by atoms with E-state index < -0.39 is 6.10 Å². The van der Waals surface area contributed by atoms with Crippen molar-refractivity contribution in [3.05, 3.63) is 34.3 Å². The molecule has 1 amide bonds. The number of H-pyrrole nitrogens is 1. The van der Waals surface area contributed by atoms with Gasteiger partial charge < -0.3 is 15.4 Å². The Morgan fingerprint density at radius 1 is 1.44 bits per heavy atom. The van der Waals surface area contributed by atoms with E-state index in [1.807, 2.05) is 27.7 Å². The fourth-order valence-electron chi connectivity index (χ4n) is 2.44. The van der Waals surface area contributed by atoms with Gasteiger partial charge in [0.1, 0.15) is 5.65 Å². The van der Waals surface area contributed by atoms with Crippen molar-refractivity contribution in [3.8, 4) is 0 Å².